The zero-order valence-electron chi connectivity index (χ0n) is 8.03. The van der Waals surface area contributed by atoms with E-state index in [1.54, 1.807) is 0 Å². The van der Waals surface area contributed by atoms with E-state index < -0.39 is 0 Å². The molecule has 1 heterocycles. The molecule has 2 heteroatoms. The van der Waals surface area contributed by atoms with Gasteiger partial charge in [-0.3, -0.25) is 0 Å². The van der Waals surface area contributed by atoms with Crippen molar-refractivity contribution in [2.45, 2.75) is 38.8 Å². The van der Waals surface area contributed by atoms with Crippen LogP contribution in [-0.4, -0.2) is 35.2 Å². The first-order chi connectivity index (χ1) is 5.68. The van der Waals surface area contributed by atoms with Crippen LogP contribution in [0.1, 0.15) is 26.7 Å². The lowest BCUT2D eigenvalue weighted by Gasteiger charge is -2.37. The Morgan fingerprint density at radius 3 is 2.08 bits per heavy atom. The fourth-order valence-electron chi connectivity index (χ4n) is 2.65. The SMILES string of the molecule is CC(C)N1C[C@H]2CC[C@H](C1)C2O. The second kappa shape index (κ2) is 3.00. The van der Waals surface area contributed by atoms with Gasteiger partial charge in [0.1, 0.15) is 0 Å². The van der Waals surface area contributed by atoms with Gasteiger partial charge < -0.3 is 10.0 Å². The van der Waals surface area contributed by atoms with Crippen molar-refractivity contribution in [3.05, 3.63) is 0 Å². The summed E-state index contributed by atoms with van der Waals surface area (Å²) >= 11 is 0. The summed E-state index contributed by atoms with van der Waals surface area (Å²) in [5.74, 6) is 1.15. The van der Waals surface area contributed by atoms with Crippen LogP contribution in [0.4, 0.5) is 0 Å². The highest BCUT2D eigenvalue weighted by molar-refractivity contribution is 4.93. The highest BCUT2D eigenvalue weighted by Crippen LogP contribution is 2.37. The summed E-state index contributed by atoms with van der Waals surface area (Å²) in [7, 11) is 0. The molecular formula is C10H19NO. The van der Waals surface area contributed by atoms with E-state index in [0.29, 0.717) is 17.9 Å². The Morgan fingerprint density at radius 1 is 1.17 bits per heavy atom. The van der Waals surface area contributed by atoms with E-state index >= 15 is 0 Å². The molecule has 2 rings (SSSR count). The third kappa shape index (κ3) is 1.27. The van der Waals surface area contributed by atoms with E-state index in [2.05, 4.69) is 18.7 Å². The number of piperidine rings is 1. The second-order valence-electron chi connectivity index (χ2n) is 4.64. The van der Waals surface area contributed by atoms with Gasteiger partial charge in [-0.15, -0.1) is 0 Å². The van der Waals surface area contributed by atoms with Gasteiger partial charge in [0.25, 0.3) is 0 Å². The molecule has 1 saturated carbocycles. The third-order valence-corrected chi connectivity index (χ3v) is 3.54. The first kappa shape index (κ1) is 8.52. The first-order valence-corrected chi connectivity index (χ1v) is 5.10. The van der Waals surface area contributed by atoms with Crippen molar-refractivity contribution in [2.75, 3.05) is 13.1 Å². The predicted molar refractivity (Wildman–Crippen MR) is 48.9 cm³/mol. The molecule has 0 amide bonds. The smallest absolute Gasteiger partial charge is 0.0620 e. The van der Waals surface area contributed by atoms with Gasteiger partial charge in [-0.2, -0.15) is 0 Å². The molecule has 70 valence electrons. The van der Waals surface area contributed by atoms with E-state index in [-0.39, 0.29) is 6.10 Å². The molecule has 12 heavy (non-hydrogen) atoms. The van der Waals surface area contributed by atoms with Crippen molar-refractivity contribution in [3.63, 3.8) is 0 Å². The average Bonchev–Trinajstić information content (AvgIpc) is 2.30. The molecule has 1 aliphatic carbocycles. The minimum absolute atomic E-state index is 0.0139. The molecule has 1 aliphatic heterocycles. The van der Waals surface area contributed by atoms with Crippen molar-refractivity contribution in [1.82, 2.24) is 4.90 Å². The molecule has 0 aromatic rings. The third-order valence-electron chi connectivity index (χ3n) is 3.54. The van der Waals surface area contributed by atoms with Crippen LogP contribution in [0.15, 0.2) is 0 Å². The summed E-state index contributed by atoms with van der Waals surface area (Å²) in [5, 5.41) is 9.78. The zero-order chi connectivity index (χ0) is 8.72. The Hall–Kier alpha value is -0.0800. The predicted octanol–water partition coefficient (Wildman–Crippen LogP) is 1.10. The van der Waals surface area contributed by atoms with E-state index in [4.69, 9.17) is 0 Å². The molecule has 0 radical (unpaired) electrons. The van der Waals surface area contributed by atoms with Crippen LogP contribution in [0, 0.1) is 11.8 Å². The Kier molecular flexibility index (Phi) is 2.13. The maximum absolute atomic E-state index is 9.78. The van der Waals surface area contributed by atoms with Crippen molar-refractivity contribution in [2.24, 2.45) is 11.8 Å². The Labute approximate surface area is 74.6 Å². The van der Waals surface area contributed by atoms with Crippen LogP contribution >= 0.6 is 0 Å². The molecule has 2 aliphatic rings. The molecule has 0 unspecified atom stereocenters. The first-order valence-electron chi connectivity index (χ1n) is 5.10. The Balaban J connectivity index is 2.02. The lowest BCUT2D eigenvalue weighted by atomic mass is 9.94. The molecular weight excluding hydrogens is 150 g/mol. The van der Waals surface area contributed by atoms with Gasteiger partial charge >= 0.3 is 0 Å². The fourth-order valence-corrected chi connectivity index (χ4v) is 2.65. The highest BCUT2D eigenvalue weighted by atomic mass is 16.3. The van der Waals surface area contributed by atoms with E-state index in [1.165, 1.54) is 12.8 Å². The average molecular weight is 169 g/mol. The van der Waals surface area contributed by atoms with Gasteiger partial charge in [0.05, 0.1) is 6.10 Å². The molecule has 1 N–H and O–H groups in total. The van der Waals surface area contributed by atoms with Gasteiger partial charge in [-0.25, -0.2) is 0 Å². The topological polar surface area (TPSA) is 23.5 Å². The number of hydrogen-bond acceptors (Lipinski definition) is 2. The van der Waals surface area contributed by atoms with E-state index in [9.17, 15) is 5.11 Å². The van der Waals surface area contributed by atoms with Crippen LogP contribution in [0.3, 0.4) is 0 Å². The lowest BCUT2D eigenvalue weighted by molar-refractivity contribution is 0.00571. The van der Waals surface area contributed by atoms with E-state index in [0.717, 1.165) is 13.1 Å². The normalized spacial score (nSPS) is 42.5. The molecule has 2 fully saturated rings. The number of likely N-dealkylation sites (tertiary alicyclic amines) is 1. The van der Waals surface area contributed by atoms with Crippen molar-refractivity contribution >= 4 is 0 Å². The summed E-state index contributed by atoms with van der Waals surface area (Å²) in [6, 6.07) is 0.653. The lowest BCUT2D eigenvalue weighted by Crippen LogP contribution is -2.47. The summed E-state index contributed by atoms with van der Waals surface area (Å²) in [5.41, 5.74) is 0. The van der Waals surface area contributed by atoms with Crippen LogP contribution in [0.2, 0.25) is 0 Å². The van der Waals surface area contributed by atoms with E-state index in [1.807, 2.05) is 0 Å². The van der Waals surface area contributed by atoms with Gasteiger partial charge in [-0.1, -0.05) is 0 Å². The molecule has 0 spiro atoms. The van der Waals surface area contributed by atoms with Crippen LogP contribution in [0.5, 0.6) is 0 Å². The molecule has 0 aromatic heterocycles. The highest BCUT2D eigenvalue weighted by Gasteiger charge is 2.41. The summed E-state index contributed by atoms with van der Waals surface area (Å²) in [6.45, 7) is 6.74. The standard InChI is InChI=1S/C10H19NO/c1-7(2)11-5-8-3-4-9(6-11)10(8)12/h7-10,12H,3-6H2,1-2H3/t8-,9-/m1/s1. The summed E-state index contributed by atoms with van der Waals surface area (Å²) in [6.07, 6.45) is 2.50. The monoisotopic (exact) mass is 169 g/mol. The fraction of sp³-hybridized carbons (Fsp3) is 1.00. The summed E-state index contributed by atoms with van der Waals surface area (Å²) in [4.78, 5) is 2.51. The maximum atomic E-state index is 9.78. The Morgan fingerprint density at radius 2 is 1.67 bits per heavy atom. The molecule has 0 aromatic carbocycles. The molecule has 2 nitrogen and oxygen atoms in total. The second-order valence-corrected chi connectivity index (χ2v) is 4.64. The van der Waals surface area contributed by atoms with Crippen molar-refractivity contribution in [3.8, 4) is 0 Å². The number of hydrogen-bond donors (Lipinski definition) is 1. The number of aliphatic hydroxyl groups is 1. The van der Waals surface area contributed by atoms with Crippen molar-refractivity contribution < 1.29 is 5.11 Å². The molecule has 1 saturated heterocycles. The number of fused-ring (bicyclic) bond motifs is 2. The van der Waals surface area contributed by atoms with Gasteiger partial charge in [0, 0.05) is 19.1 Å². The minimum Gasteiger partial charge on any atom is -0.392 e. The summed E-state index contributed by atoms with van der Waals surface area (Å²) < 4.78 is 0. The van der Waals surface area contributed by atoms with Gasteiger partial charge in [0.2, 0.25) is 0 Å². The quantitative estimate of drug-likeness (QED) is 0.635. The number of nitrogens with zero attached hydrogens (tertiary/aromatic N) is 1. The van der Waals surface area contributed by atoms with Gasteiger partial charge in [-0.05, 0) is 38.5 Å². The molecule has 2 atom stereocenters. The number of rotatable bonds is 1. The largest absolute Gasteiger partial charge is 0.392 e. The van der Waals surface area contributed by atoms with Crippen LogP contribution in [-0.2, 0) is 0 Å². The minimum atomic E-state index is 0.0139. The number of aliphatic hydroxyl groups excluding tert-OH is 1. The Bertz CT molecular complexity index is 155. The van der Waals surface area contributed by atoms with Gasteiger partial charge in [0.15, 0.2) is 0 Å². The zero-order valence-corrected chi connectivity index (χ0v) is 8.03. The van der Waals surface area contributed by atoms with Crippen LogP contribution < -0.4 is 0 Å². The maximum Gasteiger partial charge on any atom is 0.0620 e. The molecule has 2 bridgehead atoms. The van der Waals surface area contributed by atoms with Crippen LogP contribution in [0.25, 0.3) is 0 Å². The van der Waals surface area contributed by atoms with Crippen molar-refractivity contribution in [1.29, 1.82) is 0 Å².